The van der Waals surface area contributed by atoms with Gasteiger partial charge in [-0.15, -0.1) is 11.8 Å². The van der Waals surface area contributed by atoms with Crippen molar-refractivity contribution in [3.05, 3.63) is 18.0 Å². The molecule has 0 saturated carbocycles. The Morgan fingerprint density at radius 1 is 1.40 bits per heavy atom. The second-order valence-electron chi connectivity index (χ2n) is 7.57. The number of ether oxygens (including phenoxy) is 1. The van der Waals surface area contributed by atoms with Gasteiger partial charge >= 0.3 is 0 Å². The topological polar surface area (TPSA) is 50.6 Å². The molecule has 138 valence electrons. The van der Waals surface area contributed by atoms with Crippen LogP contribution in [0.4, 0.5) is 0 Å². The molecular formula is C18H28N4O2S. The standard InChI is InChI=1S/C18H28N4O2S/c1-2-22-10-15(8-19-22)9-20-13-18(14-20)7-16(12-25-18)24-11-17(23)21-5-3-4-6-21/h8,10,16H,2-7,9,11-14H2,1H3. The first-order chi connectivity index (χ1) is 12.2. The molecule has 7 heteroatoms. The first-order valence-electron chi connectivity index (χ1n) is 9.43. The smallest absolute Gasteiger partial charge is 0.248 e. The van der Waals surface area contributed by atoms with Crippen molar-refractivity contribution in [2.45, 2.75) is 50.1 Å². The highest BCUT2D eigenvalue weighted by atomic mass is 32.2. The summed E-state index contributed by atoms with van der Waals surface area (Å²) in [7, 11) is 0. The van der Waals surface area contributed by atoms with Crippen molar-refractivity contribution < 1.29 is 9.53 Å². The summed E-state index contributed by atoms with van der Waals surface area (Å²) in [6.07, 6.45) is 7.72. The molecule has 6 nitrogen and oxygen atoms in total. The minimum Gasteiger partial charge on any atom is -0.367 e. The van der Waals surface area contributed by atoms with Gasteiger partial charge in [-0.2, -0.15) is 5.10 Å². The van der Waals surface area contributed by atoms with Gasteiger partial charge in [0.15, 0.2) is 0 Å². The Morgan fingerprint density at radius 3 is 2.92 bits per heavy atom. The Balaban J connectivity index is 1.19. The van der Waals surface area contributed by atoms with Crippen LogP contribution in [0.1, 0.15) is 31.7 Å². The maximum absolute atomic E-state index is 12.1. The third kappa shape index (κ3) is 3.88. The van der Waals surface area contributed by atoms with Crippen LogP contribution < -0.4 is 0 Å². The molecule has 3 aliphatic rings. The molecule has 0 bridgehead atoms. The Bertz CT molecular complexity index is 608. The molecule has 1 aromatic heterocycles. The highest BCUT2D eigenvalue weighted by Gasteiger charge is 2.49. The number of aryl methyl sites for hydroxylation is 1. The maximum Gasteiger partial charge on any atom is 0.248 e. The number of hydrogen-bond donors (Lipinski definition) is 0. The lowest BCUT2D eigenvalue weighted by Gasteiger charge is -2.47. The quantitative estimate of drug-likeness (QED) is 0.767. The lowest BCUT2D eigenvalue weighted by Crippen LogP contribution is -2.58. The van der Waals surface area contributed by atoms with E-state index >= 15 is 0 Å². The van der Waals surface area contributed by atoms with Crippen LogP contribution in [0.2, 0.25) is 0 Å². The second-order valence-corrected chi connectivity index (χ2v) is 9.06. The summed E-state index contributed by atoms with van der Waals surface area (Å²) < 4.78 is 8.27. The number of thioether (sulfide) groups is 1. The fourth-order valence-electron chi connectivity index (χ4n) is 4.18. The Labute approximate surface area is 153 Å². The van der Waals surface area contributed by atoms with E-state index in [1.165, 1.54) is 5.56 Å². The van der Waals surface area contributed by atoms with Gasteiger partial charge in [-0.05, 0) is 26.2 Å². The molecule has 0 N–H and O–H groups in total. The zero-order valence-corrected chi connectivity index (χ0v) is 15.8. The van der Waals surface area contributed by atoms with Crippen molar-refractivity contribution in [3.63, 3.8) is 0 Å². The SMILES string of the molecule is CCn1cc(CN2CC3(CC(OCC(=O)N4CCCC4)CS3)C2)cn1. The number of nitrogens with zero attached hydrogens (tertiary/aromatic N) is 4. The van der Waals surface area contributed by atoms with Crippen molar-refractivity contribution in [1.29, 1.82) is 0 Å². The van der Waals surface area contributed by atoms with Gasteiger partial charge in [0.2, 0.25) is 5.91 Å². The third-order valence-electron chi connectivity index (χ3n) is 5.52. The minimum atomic E-state index is 0.173. The van der Waals surface area contributed by atoms with Crippen LogP contribution in [0.15, 0.2) is 12.4 Å². The molecule has 25 heavy (non-hydrogen) atoms. The third-order valence-corrected chi connectivity index (χ3v) is 7.09. The van der Waals surface area contributed by atoms with Gasteiger partial charge in [-0.3, -0.25) is 14.4 Å². The number of rotatable bonds is 6. The van der Waals surface area contributed by atoms with Crippen LogP contribution in [0, 0.1) is 0 Å². The Kier molecular flexibility index (Phi) is 5.06. The first kappa shape index (κ1) is 17.4. The van der Waals surface area contributed by atoms with E-state index in [-0.39, 0.29) is 18.6 Å². The molecule has 1 atom stereocenters. The molecule has 4 heterocycles. The van der Waals surface area contributed by atoms with Crippen molar-refractivity contribution >= 4 is 17.7 Å². The molecule has 0 aliphatic carbocycles. The van der Waals surface area contributed by atoms with Crippen molar-refractivity contribution in [1.82, 2.24) is 19.6 Å². The van der Waals surface area contributed by atoms with Gasteiger partial charge in [0.05, 0.1) is 12.3 Å². The van der Waals surface area contributed by atoms with E-state index in [1.807, 2.05) is 27.5 Å². The minimum absolute atomic E-state index is 0.173. The van der Waals surface area contributed by atoms with E-state index < -0.39 is 0 Å². The van der Waals surface area contributed by atoms with E-state index in [1.54, 1.807) is 0 Å². The summed E-state index contributed by atoms with van der Waals surface area (Å²) in [6, 6.07) is 0. The molecule has 0 radical (unpaired) electrons. The lowest BCUT2D eigenvalue weighted by molar-refractivity contribution is -0.136. The molecule has 4 rings (SSSR count). The van der Waals surface area contributed by atoms with Crippen LogP contribution in [0.3, 0.4) is 0 Å². The number of hydrogen-bond acceptors (Lipinski definition) is 5. The molecular weight excluding hydrogens is 336 g/mol. The number of amides is 1. The predicted octanol–water partition coefficient (Wildman–Crippen LogP) is 1.60. The molecule has 1 unspecified atom stereocenters. The predicted molar refractivity (Wildman–Crippen MR) is 98.5 cm³/mol. The molecule has 3 fully saturated rings. The molecule has 1 aromatic rings. The average Bonchev–Trinajstić information content (AvgIpc) is 3.32. The fraction of sp³-hybridized carbons (Fsp3) is 0.778. The number of likely N-dealkylation sites (tertiary alicyclic amines) is 2. The zero-order chi connectivity index (χ0) is 17.3. The van der Waals surface area contributed by atoms with Gasteiger partial charge in [0, 0.05) is 61.5 Å². The van der Waals surface area contributed by atoms with E-state index in [2.05, 4.69) is 23.1 Å². The molecule has 1 amide bonds. The zero-order valence-electron chi connectivity index (χ0n) is 15.0. The van der Waals surface area contributed by atoms with E-state index in [4.69, 9.17) is 4.74 Å². The van der Waals surface area contributed by atoms with Crippen LogP contribution in [-0.2, 0) is 22.6 Å². The second kappa shape index (κ2) is 7.29. The van der Waals surface area contributed by atoms with Gasteiger partial charge < -0.3 is 9.64 Å². The summed E-state index contributed by atoms with van der Waals surface area (Å²) in [5.74, 6) is 1.20. The Morgan fingerprint density at radius 2 is 2.20 bits per heavy atom. The summed E-state index contributed by atoms with van der Waals surface area (Å²) >= 11 is 2.04. The average molecular weight is 365 g/mol. The summed E-state index contributed by atoms with van der Waals surface area (Å²) in [5.41, 5.74) is 1.30. The van der Waals surface area contributed by atoms with Crippen LogP contribution in [0.5, 0.6) is 0 Å². The lowest BCUT2D eigenvalue weighted by atomic mass is 9.92. The van der Waals surface area contributed by atoms with Gasteiger partial charge in [0.1, 0.15) is 6.61 Å². The summed E-state index contributed by atoms with van der Waals surface area (Å²) in [5, 5.41) is 4.35. The van der Waals surface area contributed by atoms with Crippen molar-refractivity contribution in [3.8, 4) is 0 Å². The van der Waals surface area contributed by atoms with Crippen LogP contribution in [-0.4, -0.2) is 74.9 Å². The fourth-order valence-corrected chi connectivity index (χ4v) is 5.78. The van der Waals surface area contributed by atoms with Crippen molar-refractivity contribution in [2.24, 2.45) is 0 Å². The normalized spacial score (nSPS) is 25.6. The maximum atomic E-state index is 12.1. The van der Waals surface area contributed by atoms with Crippen LogP contribution >= 0.6 is 11.8 Å². The van der Waals surface area contributed by atoms with Gasteiger partial charge in [-0.1, -0.05) is 0 Å². The first-order valence-corrected chi connectivity index (χ1v) is 10.4. The summed E-state index contributed by atoms with van der Waals surface area (Å²) in [4.78, 5) is 16.5. The molecule has 0 aromatic carbocycles. The van der Waals surface area contributed by atoms with Crippen LogP contribution in [0.25, 0.3) is 0 Å². The number of carbonyl (C=O) groups excluding carboxylic acids is 1. The van der Waals surface area contributed by atoms with Gasteiger partial charge in [-0.25, -0.2) is 0 Å². The van der Waals surface area contributed by atoms with E-state index in [0.717, 1.165) is 64.3 Å². The molecule has 1 spiro atoms. The van der Waals surface area contributed by atoms with Crippen molar-refractivity contribution in [2.75, 3.05) is 38.5 Å². The Hall–Kier alpha value is -1.05. The van der Waals surface area contributed by atoms with E-state index in [0.29, 0.717) is 4.75 Å². The monoisotopic (exact) mass is 364 g/mol. The number of carbonyl (C=O) groups is 1. The molecule has 3 saturated heterocycles. The largest absolute Gasteiger partial charge is 0.367 e. The number of aromatic nitrogens is 2. The highest BCUT2D eigenvalue weighted by Crippen LogP contribution is 2.46. The highest BCUT2D eigenvalue weighted by molar-refractivity contribution is 8.01. The summed E-state index contributed by atoms with van der Waals surface area (Å²) in [6.45, 7) is 8.35. The van der Waals surface area contributed by atoms with E-state index in [9.17, 15) is 4.79 Å². The molecule has 3 aliphatic heterocycles. The van der Waals surface area contributed by atoms with Gasteiger partial charge in [0.25, 0.3) is 0 Å².